The monoisotopic (exact) mass is 292 g/mol. The van der Waals surface area contributed by atoms with E-state index in [1.807, 2.05) is 16.8 Å². The second-order valence-electron chi connectivity index (χ2n) is 4.10. The maximum Gasteiger partial charge on any atom is 0.251 e. The molecule has 104 valence electrons. The highest BCUT2D eigenvalue weighted by atomic mass is 32.1. The van der Waals surface area contributed by atoms with Crippen molar-refractivity contribution in [2.24, 2.45) is 0 Å². The van der Waals surface area contributed by atoms with Crippen LogP contribution in [0.25, 0.3) is 0 Å². The fraction of sp³-hybridized carbons (Fsp3) is 0.143. The summed E-state index contributed by atoms with van der Waals surface area (Å²) in [5, 5.41) is 8.98. The molecule has 0 saturated heterocycles. The number of rotatable bonds is 5. The Morgan fingerprint density at radius 3 is 2.75 bits per heavy atom. The van der Waals surface area contributed by atoms with E-state index in [2.05, 4.69) is 10.6 Å². The molecule has 1 heterocycles. The summed E-state index contributed by atoms with van der Waals surface area (Å²) in [5.74, 6) is -1.25. The van der Waals surface area contributed by atoms with E-state index in [1.165, 1.54) is 18.2 Å². The summed E-state index contributed by atoms with van der Waals surface area (Å²) < 4.78 is 12.9. The van der Waals surface area contributed by atoms with Crippen molar-refractivity contribution in [1.82, 2.24) is 10.6 Å². The third-order valence-corrected chi connectivity index (χ3v) is 3.30. The van der Waals surface area contributed by atoms with Crippen molar-refractivity contribution in [1.29, 1.82) is 0 Å². The number of carbonyl (C=O) groups is 2. The van der Waals surface area contributed by atoms with Crippen LogP contribution < -0.4 is 10.6 Å². The first kappa shape index (κ1) is 14.2. The Balaban J connectivity index is 1.77. The molecule has 0 radical (unpaired) electrons. The first-order valence-corrected chi connectivity index (χ1v) is 6.91. The number of benzene rings is 1. The van der Waals surface area contributed by atoms with Crippen molar-refractivity contribution in [2.75, 3.05) is 6.54 Å². The maximum absolute atomic E-state index is 12.9. The summed E-state index contributed by atoms with van der Waals surface area (Å²) in [4.78, 5) is 23.2. The highest BCUT2D eigenvalue weighted by Crippen LogP contribution is 2.05. The molecule has 0 spiro atoms. The molecule has 0 fully saturated rings. The third kappa shape index (κ3) is 4.17. The Hall–Kier alpha value is -2.21. The largest absolute Gasteiger partial charge is 0.350 e. The van der Waals surface area contributed by atoms with Crippen molar-refractivity contribution >= 4 is 23.2 Å². The normalized spacial score (nSPS) is 10.1. The van der Waals surface area contributed by atoms with Crippen LogP contribution in [0.1, 0.15) is 15.9 Å². The van der Waals surface area contributed by atoms with Gasteiger partial charge in [0, 0.05) is 12.1 Å². The second-order valence-corrected chi connectivity index (χ2v) is 4.88. The SMILES string of the molecule is O=C(CNC(=O)c1cccc(F)c1)NCc1ccsc1. The Morgan fingerprint density at radius 1 is 1.20 bits per heavy atom. The van der Waals surface area contributed by atoms with Gasteiger partial charge in [-0.15, -0.1) is 0 Å². The van der Waals surface area contributed by atoms with Crippen LogP contribution in [0.5, 0.6) is 0 Å². The van der Waals surface area contributed by atoms with E-state index in [9.17, 15) is 14.0 Å². The summed E-state index contributed by atoms with van der Waals surface area (Å²) in [6.45, 7) is 0.289. The summed E-state index contributed by atoms with van der Waals surface area (Å²) in [7, 11) is 0. The van der Waals surface area contributed by atoms with Gasteiger partial charge in [-0.1, -0.05) is 6.07 Å². The minimum Gasteiger partial charge on any atom is -0.350 e. The van der Waals surface area contributed by atoms with Gasteiger partial charge in [0.1, 0.15) is 5.82 Å². The van der Waals surface area contributed by atoms with Crippen LogP contribution in [-0.2, 0) is 11.3 Å². The van der Waals surface area contributed by atoms with Crippen molar-refractivity contribution in [2.45, 2.75) is 6.54 Å². The van der Waals surface area contributed by atoms with Gasteiger partial charge in [-0.05, 0) is 40.6 Å². The van der Waals surface area contributed by atoms with E-state index < -0.39 is 11.7 Å². The zero-order valence-electron chi connectivity index (χ0n) is 10.6. The standard InChI is InChI=1S/C14H13FN2O2S/c15-12-3-1-2-11(6-12)14(19)17-8-13(18)16-7-10-4-5-20-9-10/h1-6,9H,7-8H2,(H,16,18)(H,17,19). The first-order chi connectivity index (χ1) is 9.65. The van der Waals surface area contributed by atoms with Gasteiger partial charge in [0.15, 0.2) is 0 Å². The number of hydrogen-bond donors (Lipinski definition) is 2. The molecule has 0 bridgehead atoms. The van der Waals surface area contributed by atoms with Crippen LogP contribution in [0.2, 0.25) is 0 Å². The van der Waals surface area contributed by atoms with Crippen molar-refractivity contribution < 1.29 is 14.0 Å². The molecule has 2 aromatic rings. The lowest BCUT2D eigenvalue weighted by molar-refractivity contribution is -0.120. The average molecular weight is 292 g/mol. The smallest absolute Gasteiger partial charge is 0.251 e. The van der Waals surface area contributed by atoms with Gasteiger partial charge in [-0.25, -0.2) is 4.39 Å². The van der Waals surface area contributed by atoms with E-state index in [1.54, 1.807) is 11.3 Å². The first-order valence-electron chi connectivity index (χ1n) is 5.96. The van der Waals surface area contributed by atoms with Gasteiger partial charge in [0.2, 0.25) is 5.91 Å². The number of halogens is 1. The number of nitrogens with one attached hydrogen (secondary N) is 2. The van der Waals surface area contributed by atoms with Crippen LogP contribution in [0.15, 0.2) is 41.1 Å². The Morgan fingerprint density at radius 2 is 2.05 bits per heavy atom. The number of amides is 2. The lowest BCUT2D eigenvalue weighted by Crippen LogP contribution is -2.36. The third-order valence-electron chi connectivity index (χ3n) is 2.57. The molecule has 1 aromatic carbocycles. The van der Waals surface area contributed by atoms with Crippen molar-refractivity contribution in [3.05, 3.63) is 58.0 Å². The molecule has 0 aliphatic rings. The summed E-state index contributed by atoms with van der Waals surface area (Å²) in [5.41, 5.74) is 1.20. The second kappa shape index (κ2) is 6.81. The van der Waals surface area contributed by atoms with Gasteiger partial charge < -0.3 is 10.6 Å². The molecular weight excluding hydrogens is 279 g/mol. The highest BCUT2D eigenvalue weighted by Gasteiger charge is 2.08. The fourth-order valence-corrected chi connectivity index (χ4v) is 2.22. The van der Waals surface area contributed by atoms with Crippen LogP contribution in [0, 0.1) is 5.82 Å². The molecule has 2 amide bonds. The van der Waals surface area contributed by atoms with E-state index in [0.717, 1.165) is 11.6 Å². The highest BCUT2D eigenvalue weighted by molar-refractivity contribution is 7.07. The van der Waals surface area contributed by atoms with Gasteiger partial charge in [-0.2, -0.15) is 11.3 Å². The topological polar surface area (TPSA) is 58.2 Å². The van der Waals surface area contributed by atoms with E-state index >= 15 is 0 Å². The molecule has 0 aliphatic heterocycles. The molecule has 0 aliphatic carbocycles. The van der Waals surface area contributed by atoms with E-state index in [-0.39, 0.29) is 18.0 Å². The Kier molecular flexibility index (Phi) is 4.84. The fourth-order valence-electron chi connectivity index (χ4n) is 1.55. The summed E-state index contributed by atoms with van der Waals surface area (Å²) in [6, 6.07) is 7.22. The van der Waals surface area contributed by atoms with Gasteiger partial charge in [0.05, 0.1) is 6.54 Å². The number of carbonyl (C=O) groups excluding carboxylic acids is 2. The van der Waals surface area contributed by atoms with E-state index in [0.29, 0.717) is 6.54 Å². The minimum atomic E-state index is -0.487. The predicted octanol–water partition coefficient (Wildman–Crippen LogP) is 1.93. The minimum absolute atomic E-state index is 0.139. The van der Waals surface area contributed by atoms with Gasteiger partial charge in [0.25, 0.3) is 5.91 Å². The van der Waals surface area contributed by atoms with Crippen LogP contribution in [0.4, 0.5) is 4.39 Å². The zero-order chi connectivity index (χ0) is 14.4. The molecule has 6 heteroatoms. The molecule has 0 saturated carbocycles. The molecule has 2 rings (SSSR count). The average Bonchev–Trinajstić information content (AvgIpc) is 2.95. The quantitative estimate of drug-likeness (QED) is 0.884. The molecule has 4 nitrogen and oxygen atoms in total. The number of thiophene rings is 1. The lowest BCUT2D eigenvalue weighted by Gasteiger charge is -2.06. The Labute approximate surface area is 119 Å². The number of hydrogen-bond acceptors (Lipinski definition) is 3. The van der Waals surface area contributed by atoms with Crippen molar-refractivity contribution in [3.8, 4) is 0 Å². The van der Waals surface area contributed by atoms with Gasteiger partial charge in [-0.3, -0.25) is 9.59 Å². The Bertz CT molecular complexity index is 599. The predicted molar refractivity (Wildman–Crippen MR) is 74.9 cm³/mol. The van der Waals surface area contributed by atoms with Crippen LogP contribution in [0.3, 0.4) is 0 Å². The molecular formula is C14H13FN2O2S. The molecule has 20 heavy (non-hydrogen) atoms. The lowest BCUT2D eigenvalue weighted by atomic mass is 10.2. The van der Waals surface area contributed by atoms with Crippen molar-refractivity contribution in [3.63, 3.8) is 0 Å². The maximum atomic E-state index is 12.9. The molecule has 0 atom stereocenters. The zero-order valence-corrected chi connectivity index (χ0v) is 11.4. The summed E-state index contributed by atoms with van der Waals surface area (Å²) >= 11 is 1.55. The molecule has 2 N–H and O–H groups in total. The van der Waals surface area contributed by atoms with E-state index in [4.69, 9.17) is 0 Å². The van der Waals surface area contributed by atoms with Crippen LogP contribution >= 0.6 is 11.3 Å². The molecule has 0 unspecified atom stereocenters. The van der Waals surface area contributed by atoms with Gasteiger partial charge >= 0.3 is 0 Å². The van der Waals surface area contributed by atoms with Crippen LogP contribution in [-0.4, -0.2) is 18.4 Å². The molecule has 1 aromatic heterocycles. The summed E-state index contributed by atoms with van der Waals surface area (Å²) in [6.07, 6.45) is 0.